The van der Waals surface area contributed by atoms with Crippen LogP contribution in [0.2, 0.25) is 0 Å². The molecule has 1 aliphatic heterocycles. The Bertz CT molecular complexity index is 715. The summed E-state index contributed by atoms with van der Waals surface area (Å²) < 4.78 is 2.08. The lowest BCUT2D eigenvalue weighted by atomic mass is 10.1. The Balaban J connectivity index is 0.00000280. The van der Waals surface area contributed by atoms with E-state index < -0.39 is 0 Å². The lowest BCUT2D eigenvalue weighted by Gasteiger charge is -2.36. The number of benzene rings is 1. The van der Waals surface area contributed by atoms with Gasteiger partial charge in [-0.15, -0.1) is 24.0 Å². The number of guanidine groups is 1. The summed E-state index contributed by atoms with van der Waals surface area (Å²) in [5.41, 5.74) is 2.52. The van der Waals surface area contributed by atoms with Crippen molar-refractivity contribution in [2.24, 2.45) is 10.9 Å². The molecule has 0 aliphatic carbocycles. The number of hydrogen-bond donors (Lipinski definition) is 1. The van der Waals surface area contributed by atoms with E-state index in [1.165, 1.54) is 16.9 Å². The van der Waals surface area contributed by atoms with E-state index in [2.05, 4.69) is 76.6 Å². The van der Waals surface area contributed by atoms with Crippen LogP contribution >= 0.6 is 35.7 Å². The van der Waals surface area contributed by atoms with E-state index >= 15 is 0 Å². The lowest BCUT2D eigenvalue weighted by Crippen LogP contribution is -2.49. The molecule has 1 aliphatic rings. The van der Waals surface area contributed by atoms with Crippen molar-refractivity contribution in [2.45, 2.75) is 39.1 Å². The second-order valence-corrected chi connectivity index (χ2v) is 8.67. The molecule has 28 heavy (non-hydrogen) atoms. The minimum atomic E-state index is 0. The fourth-order valence-electron chi connectivity index (χ4n) is 3.20. The van der Waals surface area contributed by atoms with Crippen LogP contribution in [-0.2, 0) is 13.1 Å². The average Bonchev–Trinajstić information content (AvgIpc) is 3.19. The second kappa shape index (κ2) is 11.7. The zero-order chi connectivity index (χ0) is 19.1. The van der Waals surface area contributed by atoms with Gasteiger partial charge in [0, 0.05) is 49.6 Å². The van der Waals surface area contributed by atoms with Gasteiger partial charge in [-0.2, -0.15) is 11.8 Å². The second-order valence-electron chi connectivity index (χ2n) is 7.32. The molecule has 3 rings (SSSR count). The van der Waals surface area contributed by atoms with Gasteiger partial charge in [0.1, 0.15) is 0 Å². The van der Waals surface area contributed by atoms with Crippen molar-refractivity contribution in [1.82, 2.24) is 19.8 Å². The van der Waals surface area contributed by atoms with Crippen molar-refractivity contribution in [1.29, 1.82) is 0 Å². The zero-order valence-corrected chi connectivity index (χ0v) is 20.2. The maximum absolute atomic E-state index is 4.91. The van der Waals surface area contributed by atoms with Crippen LogP contribution < -0.4 is 5.32 Å². The fraction of sp³-hybridized carbons (Fsp3) is 0.524. The molecule has 0 amide bonds. The van der Waals surface area contributed by atoms with E-state index in [4.69, 9.17) is 4.99 Å². The van der Waals surface area contributed by atoms with E-state index in [0.717, 1.165) is 32.1 Å². The molecule has 5 nitrogen and oxygen atoms in total. The molecule has 0 bridgehead atoms. The van der Waals surface area contributed by atoms with Crippen molar-refractivity contribution in [3.63, 3.8) is 0 Å². The number of imidazole rings is 1. The normalized spacial score (nSPS) is 17.5. The Morgan fingerprint density at radius 1 is 1.29 bits per heavy atom. The Morgan fingerprint density at radius 3 is 2.68 bits per heavy atom. The molecular formula is C21H32IN5S. The van der Waals surface area contributed by atoms with Crippen LogP contribution in [0.1, 0.15) is 31.9 Å². The van der Waals surface area contributed by atoms with E-state index in [9.17, 15) is 0 Å². The van der Waals surface area contributed by atoms with Crippen LogP contribution in [0.3, 0.4) is 0 Å². The molecule has 1 fully saturated rings. The molecular weight excluding hydrogens is 481 g/mol. The van der Waals surface area contributed by atoms with Crippen LogP contribution in [0.25, 0.3) is 0 Å². The van der Waals surface area contributed by atoms with Crippen molar-refractivity contribution in [3.05, 3.63) is 54.1 Å². The van der Waals surface area contributed by atoms with E-state index in [1.807, 2.05) is 18.7 Å². The van der Waals surface area contributed by atoms with Gasteiger partial charge in [0.05, 0.1) is 12.9 Å². The predicted octanol–water partition coefficient (Wildman–Crippen LogP) is 4.09. The molecule has 1 N–H and O–H groups in total. The first-order valence-corrected chi connectivity index (χ1v) is 10.9. The van der Waals surface area contributed by atoms with Gasteiger partial charge in [-0.05, 0) is 24.0 Å². The van der Waals surface area contributed by atoms with Gasteiger partial charge >= 0.3 is 0 Å². The van der Waals surface area contributed by atoms with E-state index in [0.29, 0.717) is 17.7 Å². The standard InChI is InChI=1S/C21H31N5S.HI/c1-4-23-21(26-11-12-27-20(15-26)17(2)3)24-13-18-5-7-19(8-6-18)14-25-10-9-22-16-25;/h5-10,16-17,20H,4,11-15H2,1-3H3,(H,23,24);1H. The van der Waals surface area contributed by atoms with Crippen LogP contribution in [0.5, 0.6) is 0 Å². The van der Waals surface area contributed by atoms with Crippen molar-refractivity contribution < 1.29 is 0 Å². The third-order valence-corrected chi connectivity index (χ3v) is 6.37. The molecule has 1 saturated heterocycles. The number of nitrogens with one attached hydrogen (secondary N) is 1. The maximum atomic E-state index is 4.91. The smallest absolute Gasteiger partial charge is 0.194 e. The van der Waals surface area contributed by atoms with Crippen LogP contribution in [0, 0.1) is 5.92 Å². The fourth-order valence-corrected chi connectivity index (χ4v) is 4.50. The van der Waals surface area contributed by atoms with Gasteiger partial charge in [0.15, 0.2) is 5.96 Å². The van der Waals surface area contributed by atoms with Crippen molar-refractivity contribution >= 4 is 41.7 Å². The van der Waals surface area contributed by atoms with Gasteiger partial charge in [0.2, 0.25) is 0 Å². The first-order valence-electron chi connectivity index (χ1n) is 9.84. The van der Waals surface area contributed by atoms with Crippen LogP contribution in [0.15, 0.2) is 48.0 Å². The predicted molar refractivity (Wildman–Crippen MR) is 131 cm³/mol. The van der Waals surface area contributed by atoms with Crippen LogP contribution in [0.4, 0.5) is 0 Å². The quantitative estimate of drug-likeness (QED) is 0.359. The highest BCUT2D eigenvalue weighted by molar-refractivity contribution is 14.0. The zero-order valence-electron chi connectivity index (χ0n) is 17.0. The highest BCUT2D eigenvalue weighted by atomic mass is 127. The third-order valence-electron chi connectivity index (χ3n) is 4.83. The Labute approximate surface area is 190 Å². The van der Waals surface area contributed by atoms with Gasteiger partial charge in [-0.25, -0.2) is 9.98 Å². The summed E-state index contributed by atoms with van der Waals surface area (Å²) in [7, 11) is 0. The molecule has 0 radical (unpaired) electrons. The highest BCUT2D eigenvalue weighted by Gasteiger charge is 2.24. The summed E-state index contributed by atoms with van der Waals surface area (Å²) in [6.07, 6.45) is 5.65. The van der Waals surface area contributed by atoms with Gasteiger partial charge < -0.3 is 14.8 Å². The summed E-state index contributed by atoms with van der Waals surface area (Å²) in [6.45, 7) is 11.4. The molecule has 1 unspecified atom stereocenters. The SMILES string of the molecule is CCNC(=NCc1ccc(Cn2ccnc2)cc1)N1CCSC(C(C)C)C1.I. The molecule has 0 spiro atoms. The lowest BCUT2D eigenvalue weighted by molar-refractivity contribution is 0.381. The van der Waals surface area contributed by atoms with Gasteiger partial charge in [-0.1, -0.05) is 38.1 Å². The monoisotopic (exact) mass is 513 g/mol. The minimum Gasteiger partial charge on any atom is -0.357 e. The molecule has 2 heterocycles. The molecule has 1 aromatic carbocycles. The summed E-state index contributed by atoms with van der Waals surface area (Å²) in [6, 6.07) is 8.73. The number of thioether (sulfide) groups is 1. The average molecular weight is 513 g/mol. The molecule has 0 saturated carbocycles. The minimum absolute atomic E-state index is 0. The summed E-state index contributed by atoms with van der Waals surface area (Å²) in [5.74, 6) is 2.92. The summed E-state index contributed by atoms with van der Waals surface area (Å²) in [4.78, 5) is 11.4. The molecule has 154 valence electrons. The first-order chi connectivity index (χ1) is 13.2. The summed E-state index contributed by atoms with van der Waals surface area (Å²) in [5, 5.41) is 4.16. The van der Waals surface area contributed by atoms with E-state index in [-0.39, 0.29) is 24.0 Å². The number of aliphatic imine (C=N–C) groups is 1. The first kappa shape index (κ1) is 23.1. The Hall–Kier alpha value is -1.22. The largest absolute Gasteiger partial charge is 0.357 e. The molecule has 2 aromatic rings. The topological polar surface area (TPSA) is 45.5 Å². The number of rotatable bonds is 6. The highest BCUT2D eigenvalue weighted by Crippen LogP contribution is 2.25. The van der Waals surface area contributed by atoms with Crippen LogP contribution in [-0.4, -0.2) is 51.0 Å². The number of nitrogens with zero attached hydrogens (tertiary/aromatic N) is 4. The van der Waals surface area contributed by atoms with E-state index in [1.54, 1.807) is 0 Å². The van der Waals surface area contributed by atoms with Gasteiger partial charge in [0.25, 0.3) is 0 Å². The third kappa shape index (κ3) is 6.69. The maximum Gasteiger partial charge on any atom is 0.194 e. The molecule has 7 heteroatoms. The molecule has 1 aromatic heterocycles. The Kier molecular flexibility index (Phi) is 9.64. The van der Waals surface area contributed by atoms with Crippen molar-refractivity contribution in [2.75, 3.05) is 25.4 Å². The van der Waals surface area contributed by atoms with Gasteiger partial charge in [-0.3, -0.25) is 0 Å². The Morgan fingerprint density at radius 2 is 2.04 bits per heavy atom. The molecule has 1 atom stereocenters. The number of halogens is 1. The number of hydrogen-bond acceptors (Lipinski definition) is 3. The summed E-state index contributed by atoms with van der Waals surface area (Å²) >= 11 is 2.10. The van der Waals surface area contributed by atoms with Crippen molar-refractivity contribution in [3.8, 4) is 0 Å². The number of aromatic nitrogens is 2.